The summed E-state index contributed by atoms with van der Waals surface area (Å²) in [6.45, 7) is 2.85. The number of carbonyl (C=O) groups is 1. The summed E-state index contributed by atoms with van der Waals surface area (Å²) in [6.07, 6.45) is 1.58. The van der Waals surface area contributed by atoms with Crippen molar-refractivity contribution in [1.82, 2.24) is 4.90 Å². The van der Waals surface area contributed by atoms with Crippen molar-refractivity contribution in [2.75, 3.05) is 13.1 Å². The zero-order valence-corrected chi connectivity index (χ0v) is 14.3. The van der Waals surface area contributed by atoms with Gasteiger partial charge in [0.25, 0.3) is 5.91 Å². The first-order chi connectivity index (χ1) is 9.97. The van der Waals surface area contributed by atoms with Crippen LogP contribution in [0.2, 0.25) is 0 Å². The Labute approximate surface area is 138 Å². The fourth-order valence-corrected chi connectivity index (χ4v) is 3.54. The maximum Gasteiger partial charge on any atom is 0.258 e. The molecule has 0 saturated carbocycles. The molecule has 7 heteroatoms. The van der Waals surface area contributed by atoms with Gasteiger partial charge in [-0.25, -0.2) is 0 Å². The molecule has 1 amide bonds. The van der Waals surface area contributed by atoms with E-state index >= 15 is 0 Å². The zero-order chi connectivity index (χ0) is 15.1. The van der Waals surface area contributed by atoms with Gasteiger partial charge >= 0.3 is 0 Å². The van der Waals surface area contributed by atoms with E-state index in [-0.39, 0.29) is 17.8 Å². The number of hydrogen-bond donors (Lipinski definition) is 1. The molecule has 5 nitrogen and oxygen atoms in total. The van der Waals surface area contributed by atoms with Gasteiger partial charge in [-0.15, -0.1) is 0 Å². The largest absolute Gasteiger partial charge is 0.506 e. The molecule has 0 spiro atoms. The first-order valence-corrected chi connectivity index (χ1v) is 7.95. The molecule has 1 N–H and O–H groups in total. The summed E-state index contributed by atoms with van der Waals surface area (Å²) >= 11 is 6.49. The third-order valence-corrected chi connectivity index (χ3v) is 4.55. The number of nitrogens with zero attached hydrogens (tertiary/aromatic N) is 2. The first-order valence-electron chi connectivity index (χ1n) is 6.37. The number of halogens is 2. The Morgan fingerprint density at radius 3 is 2.76 bits per heavy atom. The van der Waals surface area contributed by atoms with Crippen LogP contribution in [0.25, 0.3) is 0 Å². The highest BCUT2D eigenvalue weighted by Crippen LogP contribution is 2.34. The van der Waals surface area contributed by atoms with E-state index in [1.165, 1.54) is 0 Å². The Kier molecular flexibility index (Phi) is 3.79. The van der Waals surface area contributed by atoms with E-state index in [2.05, 4.69) is 36.9 Å². The number of phenols is 1. The molecule has 0 saturated heterocycles. The van der Waals surface area contributed by atoms with Crippen molar-refractivity contribution in [3.05, 3.63) is 38.1 Å². The van der Waals surface area contributed by atoms with Crippen LogP contribution in [0.15, 0.2) is 37.5 Å². The second kappa shape index (κ2) is 5.46. The minimum Gasteiger partial charge on any atom is -0.506 e. The Balaban J connectivity index is 1.97. The molecule has 3 rings (SSSR count). The summed E-state index contributed by atoms with van der Waals surface area (Å²) in [4.78, 5) is 18.6. The van der Waals surface area contributed by atoms with E-state index in [1.54, 1.807) is 23.2 Å². The minimum atomic E-state index is -0.135. The van der Waals surface area contributed by atoms with Crippen LogP contribution >= 0.6 is 31.9 Å². The van der Waals surface area contributed by atoms with Crippen molar-refractivity contribution < 1.29 is 14.6 Å². The second-order valence-electron chi connectivity index (χ2n) is 4.91. The second-order valence-corrected chi connectivity index (χ2v) is 6.62. The van der Waals surface area contributed by atoms with Gasteiger partial charge in [0.05, 0.1) is 33.9 Å². The molecule has 0 fully saturated rings. The van der Waals surface area contributed by atoms with Crippen LogP contribution < -0.4 is 0 Å². The highest BCUT2D eigenvalue weighted by atomic mass is 79.9. The van der Waals surface area contributed by atoms with Gasteiger partial charge in [-0.05, 0) is 50.9 Å². The van der Waals surface area contributed by atoms with Gasteiger partial charge in [0.15, 0.2) is 5.76 Å². The van der Waals surface area contributed by atoms with Crippen LogP contribution in [-0.2, 0) is 4.74 Å². The predicted octanol–water partition coefficient (Wildman–Crippen LogP) is 3.07. The number of benzene rings is 1. The number of aliphatic imine (C=N–C) groups is 1. The molecule has 2 heterocycles. The zero-order valence-electron chi connectivity index (χ0n) is 11.1. The Hall–Kier alpha value is -1.34. The topological polar surface area (TPSA) is 62.1 Å². The van der Waals surface area contributed by atoms with Crippen LogP contribution in [0.3, 0.4) is 0 Å². The number of rotatable bonds is 1. The van der Waals surface area contributed by atoms with Gasteiger partial charge in [-0.3, -0.25) is 9.79 Å². The molecular formula is C14H12Br2N2O3. The van der Waals surface area contributed by atoms with Gasteiger partial charge in [-0.2, -0.15) is 0 Å². The summed E-state index contributed by atoms with van der Waals surface area (Å²) < 4.78 is 6.61. The van der Waals surface area contributed by atoms with Crippen molar-refractivity contribution in [2.24, 2.45) is 4.99 Å². The van der Waals surface area contributed by atoms with Crippen molar-refractivity contribution in [3.63, 3.8) is 0 Å². The molecule has 110 valence electrons. The van der Waals surface area contributed by atoms with Crippen molar-refractivity contribution in [1.29, 1.82) is 0 Å². The van der Waals surface area contributed by atoms with E-state index < -0.39 is 0 Å². The molecular weight excluding hydrogens is 404 g/mol. The average molecular weight is 416 g/mol. The van der Waals surface area contributed by atoms with E-state index in [0.717, 1.165) is 5.70 Å². The molecule has 2 aliphatic heterocycles. The fraction of sp³-hybridized carbons (Fsp3) is 0.286. The standard InChI is InChI=1S/C14H12Br2N2O3/c1-7-6-18(11-4-17-5-12(11)21-7)14(20)8-2-9(15)13(19)10(16)3-8/h2-3,5,7,19H,4,6H2,1H3/t7-/m1/s1. The maximum atomic E-state index is 12.8. The highest BCUT2D eigenvalue weighted by Gasteiger charge is 2.32. The molecule has 0 bridgehead atoms. The van der Waals surface area contributed by atoms with Crippen LogP contribution in [0, 0.1) is 0 Å². The predicted molar refractivity (Wildman–Crippen MR) is 85.5 cm³/mol. The van der Waals surface area contributed by atoms with Gasteiger partial charge in [0, 0.05) is 5.56 Å². The lowest BCUT2D eigenvalue weighted by Crippen LogP contribution is -2.41. The third-order valence-electron chi connectivity index (χ3n) is 3.34. The van der Waals surface area contributed by atoms with E-state index in [4.69, 9.17) is 4.74 Å². The molecule has 0 unspecified atom stereocenters. The summed E-state index contributed by atoms with van der Waals surface area (Å²) in [5.41, 5.74) is 1.28. The van der Waals surface area contributed by atoms with Crippen molar-refractivity contribution >= 4 is 44.0 Å². The monoisotopic (exact) mass is 414 g/mol. The number of amides is 1. The lowest BCUT2D eigenvalue weighted by molar-refractivity contribution is 0.0532. The Bertz CT molecular complexity index is 662. The lowest BCUT2D eigenvalue weighted by Gasteiger charge is -2.32. The molecule has 2 aliphatic rings. The van der Waals surface area contributed by atoms with E-state index in [1.807, 2.05) is 6.92 Å². The number of carbonyl (C=O) groups excluding carboxylic acids is 1. The summed E-state index contributed by atoms with van der Waals surface area (Å²) in [6, 6.07) is 3.22. The molecule has 0 aliphatic carbocycles. The highest BCUT2D eigenvalue weighted by molar-refractivity contribution is 9.11. The fourth-order valence-electron chi connectivity index (χ4n) is 2.36. The minimum absolute atomic E-state index is 0.0750. The molecule has 1 aromatic carbocycles. The lowest BCUT2D eigenvalue weighted by atomic mass is 10.1. The summed E-state index contributed by atoms with van der Waals surface area (Å²) in [5.74, 6) is 0.606. The van der Waals surface area contributed by atoms with E-state index in [9.17, 15) is 9.90 Å². The Morgan fingerprint density at radius 1 is 1.43 bits per heavy atom. The molecule has 0 radical (unpaired) electrons. The third kappa shape index (κ3) is 2.60. The van der Waals surface area contributed by atoms with Crippen LogP contribution in [0.4, 0.5) is 0 Å². The van der Waals surface area contributed by atoms with Gasteiger partial charge < -0.3 is 14.7 Å². The SMILES string of the molecule is C[C@@H]1CN(C(=O)c2cc(Br)c(O)c(Br)c2)C2=C(C=NC2)O1. The Morgan fingerprint density at radius 2 is 2.10 bits per heavy atom. The quantitative estimate of drug-likeness (QED) is 0.766. The van der Waals surface area contributed by atoms with Crippen LogP contribution in [0.5, 0.6) is 5.75 Å². The smallest absolute Gasteiger partial charge is 0.258 e. The summed E-state index contributed by atoms with van der Waals surface area (Å²) in [5, 5.41) is 9.75. The number of hydrogen-bond acceptors (Lipinski definition) is 4. The van der Waals surface area contributed by atoms with Crippen LogP contribution in [-0.4, -0.2) is 41.3 Å². The number of aromatic hydroxyl groups is 1. The average Bonchev–Trinajstić information content (AvgIpc) is 2.90. The normalized spacial score (nSPS) is 20.5. The maximum absolute atomic E-state index is 12.8. The number of ether oxygens (including phenoxy) is 1. The van der Waals surface area contributed by atoms with Gasteiger partial charge in [-0.1, -0.05) is 0 Å². The molecule has 21 heavy (non-hydrogen) atoms. The summed E-state index contributed by atoms with van der Waals surface area (Å²) in [7, 11) is 0. The van der Waals surface area contributed by atoms with Gasteiger partial charge in [0.1, 0.15) is 11.9 Å². The van der Waals surface area contributed by atoms with Crippen LogP contribution in [0.1, 0.15) is 17.3 Å². The van der Waals surface area contributed by atoms with Gasteiger partial charge in [0.2, 0.25) is 0 Å². The first kappa shape index (κ1) is 14.6. The van der Waals surface area contributed by atoms with Crippen molar-refractivity contribution in [2.45, 2.75) is 13.0 Å². The molecule has 1 aromatic rings. The number of allylic oxidation sites excluding steroid dienone is 1. The number of phenolic OH excluding ortho intramolecular Hbond substituents is 1. The van der Waals surface area contributed by atoms with E-state index in [0.29, 0.717) is 33.4 Å². The molecule has 1 atom stereocenters. The van der Waals surface area contributed by atoms with Crippen molar-refractivity contribution in [3.8, 4) is 5.75 Å². The molecule has 0 aromatic heterocycles.